The normalized spacial score (nSPS) is 19.5. The molecule has 5 nitrogen and oxygen atoms in total. The number of halogens is 1. The number of hydrogen-bond acceptors (Lipinski definition) is 5. The minimum Gasteiger partial charge on any atom is -0.372 e. The summed E-state index contributed by atoms with van der Waals surface area (Å²) in [5.41, 5.74) is 2.28. The number of amides is 1. The van der Waals surface area contributed by atoms with Crippen molar-refractivity contribution < 1.29 is 13.9 Å². The number of pyridine rings is 1. The second kappa shape index (κ2) is 9.89. The van der Waals surface area contributed by atoms with Crippen LogP contribution in [0.4, 0.5) is 10.1 Å². The molecule has 2 unspecified atom stereocenters. The Morgan fingerprint density at radius 3 is 2.75 bits per heavy atom. The van der Waals surface area contributed by atoms with Crippen molar-refractivity contribution in [3.63, 3.8) is 0 Å². The van der Waals surface area contributed by atoms with E-state index < -0.39 is 0 Å². The van der Waals surface area contributed by atoms with Crippen molar-refractivity contribution in [2.75, 3.05) is 23.7 Å². The van der Waals surface area contributed by atoms with Crippen molar-refractivity contribution in [3.8, 4) is 0 Å². The Bertz CT molecular complexity index is 780. The zero-order valence-corrected chi connectivity index (χ0v) is 17.0. The Kier molecular flexibility index (Phi) is 7.28. The van der Waals surface area contributed by atoms with Gasteiger partial charge < -0.3 is 15.0 Å². The number of carbonyl (C=O) groups excluding carboxylic acids is 1. The largest absolute Gasteiger partial charge is 0.372 e. The van der Waals surface area contributed by atoms with Gasteiger partial charge in [-0.2, -0.15) is 0 Å². The molecule has 3 rings (SSSR count). The monoisotopic (exact) mass is 403 g/mol. The summed E-state index contributed by atoms with van der Waals surface area (Å²) in [6.07, 6.45) is 1.89. The van der Waals surface area contributed by atoms with Crippen LogP contribution in [0.3, 0.4) is 0 Å². The SMILES string of the molecule is CC1CN(c2ccc(CNC(=O)CSCc3ccccn3)cc2F)CC(C)O1. The van der Waals surface area contributed by atoms with Crippen molar-refractivity contribution in [3.05, 3.63) is 59.7 Å². The molecule has 0 aliphatic carbocycles. The predicted octanol–water partition coefficient (Wildman–Crippen LogP) is 3.38. The van der Waals surface area contributed by atoms with Crippen LogP contribution >= 0.6 is 11.8 Å². The van der Waals surface area contributed by atoms with Crippen LogP contribution in [0.5, 0.6) is 0 Å². The molecule has 0 saturated carbocycles. The van der Waals surface area contributed by atoms with Crippen LogP contribution in [0.15, 0.2) is 42.6 Å². The van der Waals surface area contributed by atoms with Gasteiger partial charge in [-0.1, -0.05) is 12.1 Å². The second-order valence-corrected chi connectivity index (χ2v) is 8.02. The number of benzene rings is 1. The first-order chi connectivity index (χ1) is 13.5. The lowest BCUT2D eigenvalue weighted by molar-refractivity contribution is -0.118. The molecule has 7 heteroatoms. The molecule has 150 valence electrons. The maximum absolute atomic E-state index is 14.6. The number of hydrogen-bond donors (Lipinski definition) is 1. The van der Waals surface area contributed by atoms with Crippen molar-refractivity contribution in [1.29, 1.82) is 0 Å². The van der Waals surface area contributed by atoms with Crippen molar-refractivity contribution in [2.24, 2.45) is 0 Å². The van der Waals surface area contributed by atoms with Gasteiger partial charge in [-0.3, -0.25) is 9.78 Å². The van der Waals surface area contributed by atoms with Gasteiger partial charge >= 0.3 is 0 Å². The summed E-state index contributed by atoms with van der Waals surface area (Å²) >= 11 is 1.51. The molecule has 2 atom stereocenters. The number of carbonyl (C=O) groups is 1. The van der Waals surface area contributed by atoms with Gasteiger partial charge in [0.05, 0.1) is 29.3 Å². The highest BCUT2D eigenvalue weighted by Gasteiger charge is 2.24. The molecule has 1 N–H and O–H groups in total. The average Bonchev–Trinajstić information content (AvgIpc) is 2.66. The number of aromatic nitrogens is 1. The fourth-order valence-electron chi connectivity index (χ4n) is 3.27. The van der Waals surface area contributed by atoms with Crippen LogP contribution in [0.1, 0.15) is 25.1 Å². The molecule has 1 aliphatic heterocycles. The first-order valence-corrected chi connectivity index (χ1v) is 10.6. The molecule has 1 amide bonds. The molecule has 2 heterocycles. The fourth-order valence-corrected chi connectivity index (χ4v) is 4.04. The Labute approximate surface area is 169 Å². The van der Waals surface area contributed by atoms with Crippen LogP contribution < -0.4 is 10.2 Å². The Balaban J connectivity index is 1.47. The third kappa shape index (κ3) is 5.94. The van der Waals surface area contributed by atoms with E-state index >= 15 is 0 Å². The predicted molar refractivity (Wildman–Crippen MR) is 111 cm³/mol. The summed E-state index contributed by atoms with van der Waals surface area (Å²) < 4.78 is 20.3. The van der Waals surface area contributed by atoms with Crippen LogP contribution in [0, 0.1) is 5.82 Å². The minimum atomic E-state index is -0.266. The summed E-state index contributed by atoms with van der Waals surface area (Å²) in [6.45, 7) is 5.65. The lowest BCUT2D eigenvalue weighted by Crippen LogP contribution is -2.45. The van der Waals surface area contributed by atoms with E-state index in [2.05, 4.69) is 10.3 Å². The third-order valence-corrected chi connectivity index (χ3v) is 5.44. The second-order valence-electron chi connectivity index (χ2n) is 7.04. The number of thioether (sulfide) groups is 1. The van der Waals surface area contributed by atoms with E-state index in [-0.39, 0.29) is 23.9 Å². The van der Waals surface area contributed by atoms with Crippen molar-refractivity contribution in [2.45, 2.75) is 38.4 Å². The van der Waals surface area contributed by atoms with Gasteiger partial charge in [0.25, 0.3) is 0 Å². The average molecular weight is 404 g/mol. The van der Waals surface area contributed by atoms with Gasteiger partial charge in [-0.15, -0.1) is 11.8 Å². The third-order valence-electron chi connectivity index (χ3n) is 4.47. The van der Waals surface area contributed by atoms with E-state index in [1.54, 1.807) is 12.3 Å². The molecule has 1 fully saturated rings. The van der Waals surface area contributed by atoms with E-state index in [4.69, 9.17) is 4.74 Å². The van der Waals surface area contributed by atoms with Crippen molar-refractivity contribution in [1.82, 2.24) is 10.3 Å². The van der Waals surface area contributed by atoms with E-state index in [0.717, 1.165) is 11.3 Å². The van der Waals surface area contributed by atoms with Crippen LogP contribution in [0.25, 0.3) is 0 Å². The van der Waals surface area contributed by atoms with Gasteiger partial charge in [0.2, 0.25) is 5.91 Å². The molecule has 1 saturated heterocycles. The quantitative estimate of drug-likeness (QED) is 0.768. The van der Waals surface area contributed by atoms with Gasteiger partial charge in [0, 0.05) is 31.6 Å². The first-order valence-electron chi connectivity index (χ1n) is 9.44. The number of morpholine rings is 1. The van der Waals surface area contributed by atoms with Gasteiger partial charge in [0.15, 0.2) is 0 Å². The Morgan fingerprint density at radius 2 is 2.07 bits per heavy atom. The standard InChI is InChI=1S/C21H26FN3O2S/c1-15-11-25(12-16(2)27-15)20-7-6-17(9-19(20)22)10-24-21(26)14-28-13-18-5-3-4-8-23-18/h3-9,15-16H,10-14H2,1-2H3,(H,24,26). The number of rotatable bonds is 7. The zero-order chi connectivity index (χ0) is 19.9. The molecule has 0 radical (unpaired) electrons. The van der Waals surface area contributed by atoms with Crippen LogP contribution in [0.2, 0.25) is 0 Å². The number of anilines is 1. The van der Waals surface area contributed by atoms with Gasteiger partial charge in [0.1, 0.15) is 5.82 Å². The molecule has 1 aliphatic rings. The van der Waals surface area contributed by atoms with Gasteiger partial charge in [-0.25, -0.2) is 4.39 Å². The molecule has 2 aromatic rings. The zero-order valence-electron chi connectivity index (χ0n) is 16.2. The number of ether oxygens (including phenoxy) is 1. The highest BCUT2D eigenvalue weighted by atomic mass is 32.2. The van der Waals surface area contributed by atoms with Crippen molar-refractivity contribution >= 4 is 23.4 Å². The topological polar surface area (TPSA) is 54.5 Å². The maximum atomic E-state index is 14.6. The number of nitrogens with one attached hydrogen (secondary N) is 1. The Hall–Kier alpha value is -2.12. The van der Waals surface area contributed by atoms with E-state index in [1.807, 2.05) is 43.0 Å². The molecule has 1 aromatic carbocycles. The smallest absolute Gasteiger partial charge is 0.230 e. The highest BCUT2D eigenvalue weighted by molar-refractivity contribution is 7.99. The lowest BCUT2D eigenvalue weighted by atomic mass is 10.1. The van der Waals surface area contributed by atoms with Crippen LogP contribution in [-0.4, -0.2) is 41.9 Å². The minimum absolute atomic E-state index is 0.0683. The Morgan fingerprint density at radius 1 is 1.29 bits per heavy atom. The van der Waals surface area contributed by atoms with Gasteiger partial charge in [-0.05, 0) is 43.7 Å². The first kappa shape index (κ1) is 20.6. The maximum Gasteiger partial charge on any atom is 0.230 e. The molecule has 28 heavy (non-hydrogen) atoms. The van der Waals surface area contributed by atoms with E-state index in [0.29, 0.717) is 36.8 Å². The summed E-state index contributed by atoms with van der Waals surface area (Å²) in [4.78, 5) is 18.3. The lowest BCUT2D eigenvalue weighted by Gasteiger charge is -2.37. The summed E-state index contributed by atoms with van der Waals surface area (Å²) in [6, 6.07) is 10.9. The van der Waals surface area contributed by atoms with E-state index in [1.165, 1.54) is 17.8 Å². The molecular weight excluding hydrogens is 377 g/mol. The molecule has 1 aromatic heterocycles. The molecule has 0 bridgehead atoms. The molecular formula is C21H26FN3O2S. The fraction of sp³-hybridized carbons (Fsp3) is 0.429. The highest BCUT2D eigenvalue weighted by Crippen LogP contribution is 2.24. The summed E-state index contributed by atoms with van der Waals surface area (Å²) in [5.74, 6) is 0.702. The van der Waals surface area contributed by atoms with E-state index in [9.17, 15) is 9.18 Å². The van der Waals surface area contributed by atoms with Crippen LogP contribution in [-0.2, 0) is 21.8 Å². The number of nitrogens with zero attached hydrogens (tertiary/aromatic N) is 2. The summed E-state index contributed by atoms with van der Waals surface area (Å²) in [7, 11) is 0. The molecule has 0 spiro atoms. The summed E-state index contributed by atoms with van der Waals surface area (Å²) in [5, 5.41) is 2.85.